The van der Waals surface area contributed by atoms with Gasteiger partial charge in [0.25, 0.3) is 0 Å². The van der Waals surface area contributed by atoms with E-state index >= 15 is 0 Å². The SMILES string of the molecule is CCNC(C)c1ccc2c(c1)CCCN2S(C)(=O)=O. The molecule has 0 aliphatic carbocycles. The summed E-state index contributed by atoms with van der Waals surface area (Å²) in [6.45, 7) is 5.73. The van der Waals surface area contributed by atoms with E-state index in [2.05, 4.69) is 25.2 Å². The van der Waals surface area contributed by atoms with Crippen LogP contribution in [0.25, 0.3) is 0 Å². The summed E-state index contributed by atoms with van der Waals surface area (Å²) in [4.78, 5) is 0. The largest absolute Gasteiger partial charge is 0.310 e. The Morgan fingerprint density at radius 1 is 1.42 bits per heavy atom. The van der Waals surface area contributed by atoms with Crippen LogP contribution in [0.3, 0.4) is 0 Å². The Balaban J connectivity index is 2.36. The molecule has 1 aromatic carbocycles. The Morgan fingerprint density at radius 2 is 2.16 bits per heavy atom. The van der Waals surface area contributed by atoms with E-state index in [1.165, 1.54) is 16.1 Å². The zero-order chi connectivity index (χ0) is 14.0. The van der Waals surface area contributed by atoms with Gasteiger partial charge in [-0.1, -0.05) is 19.1 Å². The fourth-order valence-corrected chi connectivity index (χ4v) is 3.62. The lowest BCUT2D eigenvalue weighted by Gasteiger charge is -2.30. The summed E-state index contributed by atoms with van der Waals surface area (Å²) < 4.78 is 25.1. The molecule has 0 fully saturated rings. The third-order valence-corrected chi connectivity index (χ3v) is 4.77. The summed E-state index contributed by atoms with van der Waals surface area (Å²) in [5.74, 6) is 0. The Hall–Kier alpha value is -1.07. The summed E-state index contributed by atoms with van der Waals surface area (Å²) in [6.07, 6.45) is 3.12. The Labute approximate surface area is 115 Å². The molecule has 0 saturated carbocycles. The fraction of sp³-hybridized carbons (Fsp3) is 0.571. The Bertz CT molecular complexity index is 555. The van der Waals surface area contributed by atoms with E-state index in [1.54, 1.807) is 0 Å². The minimum atomic E-state index is -3.16. The van der Waals surface area contributed by atoms with Gasteiger partial charge in [-0.05, 0) is 43.5 Å². The average molecular weight is 282 g/mol. The molecule has 19 heavy (non-hydrogen) atoms. The number of nitrogens with one attached hydrogen (secondary N) is 1. The van der Waals surface area contributed by atoms with Gasteiger partial charge in [-0.2, -0.15) is 0 Å². The molecule has 1 aliphatic rings. The van der Waals surface area contributed by atoms with Crippen LogP contribution in [0.2, 0.25) is 0 Å². The van der Waals surface area contributed by atoms with Gasteiger partial charge >= 0.3 is 0 Å². The van der Waals surface area contributed by atoms with Crippen LogP contribution in [0.15, 0.2) is 18.2 Å². The number of hydrogen-bond donors (Lipinski definition) is 1. The van der Waals surface area contributed by atoms with Gasteiger partial charge in [0.05, 0.1) is 11.9 Å². The molecule has 0 amide bonds. The van der Waals surface area contributed by atoms with Crippen LogP contribution in [0.1, 0.15) is 37.4 Å². The first-order chi connectivity index (χ1) is 8.93. The molecule has 106 valence electrons. The third kappa shape index (κ3) is 3.09. The van der Waals surface area contributed by atoms with E-state index in [-0.39, 0.29) is 0 Å². The van der Waals surface area contributed by atoms with Gasteiger partial charge in [0.15, 0.2) is 0 Å². The minimum absolute atomic E-state index is 0.295. The topological polar surface area (TPSA) is 49.4 Å². The van der Waals surface area contributed by atoms with E-state index < -0.39 is 10.0 Å². The van der Waals surface area contributed by atoms with Crippen LogP contribution in [0, 0.1) is 0 Å². The van der Waals surface area contributed by atoms with Gasteiger partial charge in [-0.25, -0.2) is 8.42 Å². The van der Waals surface area contributed by atoms with E-state index in [0.29, 0.717) is 12.6 Å². The van der Waals surface area contributed by atoms with Gasteiger partial charge in [-0.15, -0.1) is 0 Å². The number of sulfonamides is 1. The van der Waals surface area contributed by atoms with Crippen LogP contribution >= 0.6 is 0 Å². The van der Waals surface area contributed by atoms with Crippen LogP contribution in [-0.4, -0.2) is 27.8 Å². The molecule has 0 aromatic heterocycles. The predicted molar refractivity (Wildman–Crippen MR) is 79.0 cm³/mol. The number of aryl methyl sites for hydroxylation is 1. The molecule has 1 aliphatic heterocycles. The first-order valence-electron chi connectivity index (χ1n) is 6.77. The molecule has 0 bridgehead atoms. The summed E-state index contributed by atoms with van der Waals surface area (Å²) >= 11 is 0. The zero-order valence-electron chi connectivity index (χ0n) is 11.8. The molecular weight excluding hydrogens is 260 g/mol. The fourth-order valence-electron chi connectivity index (χ4n) is 2.62. The summed E-state index contributed by atoms with van der Waals surface area (Å²) in [7, 11) is -3.16. The number of hydrogen-bond acceptors (Lipinski definition) is 3. The molecule has 5 heteroatoms. The van der Waals surface area contributed by atoms with E-state index in [0.717, 1.165) is 30.6 Å². The molecule has 4 nitrogen and oxygen atoms in total. The number of nitrogens with zero attached hydrogens (tertiary/aromatic N) is 1. The third-order valence-electron chi connectivity index (χ3n) is 3.59. The van der Waals surface area contributed by atoms with Crippen LogP contribution in [-0.2, 0) is 16.4 Å². The van der Waals surface area contributed by atoms with Crippen LogP contribution in [0.5, 0.6) is 0 Å². The van der Waals surface area contributed by atoms with Crippen molar-refractivity contribution in [1.29, 1.82) is 0 Å². The van der Waals surface area contributed by atoms with Crippen molar-refractivity contribution in [3.63, 3.8) is 0 Å². The van der Waals surface area contributed by atoms with E-state index in [1.807, 2.05) is 12.1 Å². The molecule has 1 heterocycles. The standard InChI is InChI=1S/C14H22N2O2S/c1-4-15-11(2)12-7-8-14-13(10-12)6-5-9-16(14)19(3,17)18/h7-8,10-11,15H,4-6,9H2,1-3H3. The maximum Gasteiger partial charge on any atom is 0.232 e. The van der Waals surface area contributed by atoms with Gasteiger partial charge in [0.1, 0.15) is 0 Å². The van der Waals surface area contributed by atoms with Crippen LogP contribution < -0.4 is 9.62 Å². The zero-order valence-corrected chi connectivity index (χ0v) is 12.6. The number of rotatable bonds is 4. The highest BCUT2D eigenvalue weighted by atomic mass is 32.2. The molecule has 1 unspecified atom stereocenters. The van der Waals surface area contributed by atoms with Gasteiger partial charge in [0, 0.05) is 12.6 Å². The lowest BCUT2D eigenvalue weighted by atomic mass is 9.98. The van der Waals surface area contributed by atoms with Gasteiger partial charge in [0.2, 0.25) is 10.0 Å². The van der Waals surface area contributed by atoms with Crippen LogP contribution in [0.4, 0.5) is 5.69 Å². The molecule has 1 N–H and O–H groups in total. The Morgan fingerprint density at radius 3 is 2.79 bits per heavy atom. The molecule has 0 radical (unpaired) electrons. The van der Waals surface area contributed by atoms with Crippen molar-refractivity contribution < 1.29 is 8.42 Å². The first kappa shape index (κ1) is 14.3. The molecule has 0 saturated heterocycles. The van der Waals surface area contributed by atoms with Gasteiger partial charge < -0.3 is 5.32 Å². The predicted octanol–water partition coefficient (Wildman–Crippen LogP) is 2.07. The summed E-state index contributed by atoms with van der Waals surface area (Å²) in [6, 6.07) is 6.40. The van der Waals surface area contributed by atoms with Crippen molar-refractivity contribution in [1.82, 2.24) is 5.32 Å². The second-order valence-electron chi connectivity index (χ2n) is 5.11. The number of fused-ring (bicyclic) bond motifs is 1. The van der Waals surface area contributed by atoms with E-state index in [4.69, 9.17) is 0 Å². The van der Waals surface area contributed by atoms with Crippen molar-refractivity contribution in [2.24, 2.45) is 0 Å². The second-order valence-corrected chi connectivity index (χ2v) is 7.01. The van der Waals surface area contributed by atoms with Crippen molar-refractivity contribution in [3.05, 3.63) is 29.3 Å². The highest BCUT2D eigenvalue weighted by molar-refractivity contribution is 7.92. The highest BCUT2D eigenvalue weighted by Crippen LogP contribution is 2.31. The molecule has 2 rings (SSSR count). The summed E-state index contributed by atoms with van der Waals surface area (Å²) in [5, 5.41) is 3.38. The first-order valence-corrected chi connectivity index (χ1v) is 8.62. The smallest absolute Gasteiger partial charge is 0.232 e. The maximum atomic E-state index is 11.8. The second kappa shape index (κ2) is 5.51. The summed E-state index contributed by atoms with van der Waals surface area (Å²) in [5.41, 5.74) is 3.20. The van der Waals surface area contributed by atoms with E-state index in [9.17, 15) is 8.42 Å². The number of anilines is 1. The van der Waals surface area contributed by atoms with Crippen molar-refractivity contribution in [2.45, 2.75) is 32.7 Å². The normalized spacial score (nSPS) is 17.1. The molecule has 1 atom stereocenters. The van der Waals surface area contributed by atoms with Gasteiger partial charge in [-0.3, -0.25) is 4.31 Å². The molecule has 0 spiro atoms. The quantitative estimate of drug-likeness (QED) is 0.919. The highest BCUT2D eigenvalue weighted by Gasteiger charge is 2.24. The number of benzene rings is 1. The van der Waals surface area contributed by atoms with Crippen molar-refractivity contribution in [2.75, 3.05) is 23.7 Å². The average Bonchev–Trinajstić information content (AvgIpc) is 2.36. The molecular formula is C14H22N2O2S. The monoisotopic (exact) mass is 282 g/mol. The lowest BCUT2D eigenvalue weighted by molar-refractivity contribution is 0.590. The lowest BCUT2D eigenvalue weighted by Crippen LogP contribution is -2.34. The van der Waals surface area contributed by atoms with Crippen molar-refractivity contribution in [3.8, 4) is 0 Å². The molecule has 1 aromatic rings. The maximum absolute atomic E-state index is 11.8. The van der Waals surface area contributed by atoms with Crippen molar-refractivity contribution >= 4 is 15.7 Å². The minimum Gasteiger partial charge on any atom is -0.310 e. The Kier molecular flexibility index (Phi) is 4.16.